The van der Waals surface area contributed by atoms with Gasteiger partial charge in [-0.15, -0.1) is 6.58 Å². The molecule has 0 fully saturated rings. The van der Waals surface area contributed by atoms with Crippen LogP contribution in [0.4, 0.5) is 5.69 Å². The lowest BCUT2D eigenvalue weighted by Crippen LogP contribution is -2.48. The molecule has 1 aromatic carbocycles. The van der Waals surface area contributed by atoms with Crippen molar-refractivity contribution in [2.45, 2.75) is 19.4 Å². The van der Waals surface area contributed by atoms with E-state index in [1.54, 1.807) is 44.4 Å². The molecule has 23 heavy (non-hydrogen) atoms. The van der Waals surface area contributed by atoms with Crippen LogP contribution < -0.4 is 20.9 Å². The summed E-state index contributed by atoms with van der Waals surface area (Å²) in [5, 5.41) is 2.93. The second-order valence-corrected chi connectivity index (χ2v) is 4.71. The van der Waals surface area contributed by atoms with E-state index in [0.29, 0.717) is 13.0 Å². The van der Waals surface area contributed by atoms with Crippen LogP contribution in [0, 0.1) is 0 Å². The normalized spacial score (nSPS) is 11.2. The lowest BCUT2D eigenvalue weighted by Gasteiger charge is -2.14. The number of methoxy groups -OCH3 is 1. The van der Waals surface area contributed by atoms with Gasteiger partial charge in [0.2, 0.25) is 0 Å². The van der Waals surface area contributed by atoms with Crippen LogP contribution in [0.1, 0.15) is 13.3 Å². The summed E-state index contributed by atoms with van der Waals surface area (Å²) in [4.78, 5) is 23.3. The predicted octanol–water partition coefficient (Wildman–Crippen LogP) is 1.24. The Kier molecular flexibility index (Phi) is 8.23. The summed E-state index contributed by atoms with van der Waals surface area (Å²) >= 11 is 0. The molecular weight excluding hydrogens is 298 g/mol. The average molecular weight is 321 g/mol. The third-order valence-electron chi connectivity index (χ3n) is 2.93. The third kappa shape index (κ3) is 7.32. The SMILES string of the molecule is C=CCCOC(C)C(=O)NNC(=O)CNc1ccc(OC)cc1. The molecule has 0 aliphatic rings. The van der Waals surface area contributed by atoms with Gasteiger partial charge in [-0.25, -0.2) is 0 Å². The average Bonchev–Trinajstić information content (AvgIpc) is 2.58. The molecule has 0 radical (unpaired) electrons. The Morgan fingerprint density at radius 2 is 1.96 bits per heavy atom. The van der Waals surface area contributed by atoms with Gasteiger partial charge in [0.05, 0.1) is 20.3 Å². The number of ether oxygens (including phenoxy) is 2. The van der Waals surface area contributed by atoms with E-state index in [0.717, 1.165) is 11.4 Å². The van der Waals surface area contributed by atoms with Crippen molar-refractivity contribution in [3.05, 3.63) is 36.9 Å². The molecule has 0 heterocycles. The van der Waals surface area contributed by atoms with E-state index in [2.05, 4.69) is 22.7 Å². The van der Waals surface area contributed by atoms with Crippen molar-refractivity contribution in [1.29, 1.82) is 0 Å². The zero-order chi connectivity index (χ0) is 17.1. The molecule has 0 saturated heterocycles. The molecule has 3 N–H and O–H groups in total. The Labute approximate surface area is 136 Å². The van der Waals surface area contributed by atoms with Crippen molar-refractivity contribution in [2.75, 3.05) is 25.6 Å². The molecule has 0 spiro atoms. The number of hydrogen-bond acceptors (Lipinski definition) is 5. The molecule has 1 unspecified atom stereocenters. The highest BCUT2D eigenvalue weighted by Crippen LogP contribution is 2.14. The zero-order valence-corrected chi connectivity index (χ0v) is 13.4. The largest absolute Gasteiger partial charge is 0.497 e. The van der Waals surface area contributed by atoms with Crippen molar-refractivity contribution in [1.82, 2.24) is 10.9 Å². The lowest BCUT2D eigenvalue weighted by molar-refractivity contribution is -0.135. The zero-order valence-electron chi connectivity index (χ0n) is 13.4. The second kappa shape index (κ2) is 10.2. The Balaban J connectivity index is 2.25. The summed E-state index contributed by atoms with van der Waals surface area (Å²) in [5.41, 5.74) is 5.41. The molecule has 1 atom stereocenters. The molecule has 0 saturated carbocycles. The van der Waals surface area contributed by atoms with Crippen LogP contribution >= 0.6 is 0 Å². The van der Waals surface area contributed by atoms with Crippen LogP contribution in [0.2, 0.25) is 0 Å². The molecule has 126 valence electrons. The Morgan fingerprint density at radius 3 is 2.57 bits per heavy atom. The first-order valence-corrected chi connectivity index (χ1v) is 7.26. The van der Waals surface area contributed by atoms with Gasteiger partial charge in [-0.1, -0.05) is 6.08 Å². The standard InChI is InChI=1S/C16H23N3O4/c1-4-5-10-23-12(2)16(21)19-18-15(20)11-17-13-6-8-14(22-3)9-7-13/h4,6-9,12,17H,1,5,10-11H2,2-3H3,(H,18,20)(H,19,21). The third-order valence-corrected chi connectivity index (χ3v) is 2.93. The van der Waals surface area contributed by atoms with E-state index in [4.69, 9.17) is 9.47 Å². The number of benzene rings is 1. The molecular formula is C16H23N3O4. The van der Waals surface area contributed by atoms with Crippen LogP contribution in [0.3, 0.4) is 0 Å². The maximum Gasteiger partial charge on any atom is 0.267 e. The molecule has 0 aliphatic carbocycles. The number of nitrogens with one attached hydrogen (secondary N) is 3. The van der Waals surface area contributed by atoms with E-state index in [9.17, 15) is 9.59 Å². The summed E-state index contributed by atoms with van der Waals surface area (Å²) in [6.07, 6.45) is 1.72. The van der Waals surface area contributed by atoms with Crippen LogP contribution in [0.15, 0.2) is 36.9 Å². The van der Waals surface area contributed by atoms with Crippen molar-refractivity contribution >= 4 is 17.5 Å². The first-order chi connectivity index (χ1) is 11.1. The van der Waals surface area contributed by atoms with Gasteiger partial charge >= 0.3 is 0 Å². The van der Waals surface area contributed by atoms with Crippen molar-refractivity contribution in [3.63, 3.8) is 0 Å². The van der Waals surface area contributed by atoms with E-state index < -0.39 is 12.0 Å². The fourth-order valence-electron chi connectivity index (χ4n) is 1.57. The fourth-order valence-corrected chi connectivity index (χ4v) is 1.57. The number of carbonyl (C=O) groups excluding carboxylic acids is 2. The number of carbonyl (C=O) groups is 2. The van der Waals surface area contributed by atoms with Gasteiger partial charge < -0.3 is 14.8 Å². The smallest absolute Gasteiger partial charge is 0.267 e. The maximum atomic E-state index is 11.7. The van der Waals surface area contributed by atoms with E-state index in [1.807, 2.05) is 0 Å². The highest BCUT2D eigenvalue weighted by atomic mass is 16.5. The van der Waals surface area contributed by atoms with Crippen LogP contribution in [-0.2, 0) is 14.3 Å². The molecule has 1 rings (SSSR count). The minimum Gasteiger partial charge on any atom is -0.497 e. The molecule has 7 heteroatoms. The first-order valence-electron chi connectivity index (χ1n) is 7.26. The van der Waals surface area contributed by atoms with Crippen molar-refractivity contribution in [2.24, 2.45) is 0 Å². The van der Waals surface area contributed by atoms with E-state index >= 15 is 0 Å². The van der Waals surface area contributed by atoms with Crippen molar-refractivity contribution in [3.8, 4) is 5.75 Å². The number of amides is 2. The van der Waals surface area contributed by atoms with E-state index in [1.165, 1.54) is 0 Å². The van der Waals surface area contributed by atoms with Crippen LogP contribution in [-0.4, -0.2) is 38.2 Å². The van der Waals surface area contributed by atoms with Gasteiger partial charge in [0.15, 0.2) is 0 Å². The molecule has 2 amide bonds. The van der Waals surface area contributed by atoms with Gasteiger partial charge in [-0.05, 0) is 37.6 Å². The highest BCUT2D eigenvalue weighted by Gasteiger charge is 2.13. The number of hydrazine groups is 1. The Morgan fingerprint density at radius 1 is 1.26 bits per heavy atom. The lowest BCUT2D eigenvalue weighted by atomic mass is 10.3. The highest BCUT2D eigenvalue weighted by molar-refractivity contribution is 5.86. The van der Waals surface area contributed by atoms with Gasteiger partial charge in [0.1, 0.15) is 11.9 Å². The minimum absolute atomic E-state index is 0.0261. The topological polar surface area (TPSA) is 88.7 Å². The predicted molar refractivity (Wildman–Crippen MR) is 88.0 cm³/mol. The van der Waals surface area contributed by atoms with Gasteiger partial charge in [0, 0.05) is 5.69 Å². The summed E-state index contributed by atoms with van der Waals surface area (Å²) in [6.45, 7) is 5.61. The Bertz CT molecular complexity index is 517. The first kappa shape index (κ1) is 18.5. The quantitative estimate of drug-likeness (QED) is 0.362. The minimum atomic E-state index is -0.648. The molecule has 0 bridgehead atoms. The van der Waals surface area contributed by atoms with Gasteiger partial charge in [0.25, 0.3) is 11.8 Å². The number of hydrogen-bond donors (Lipinski definition) is 3. The summed E-state index contributed by atoms with van der Waals surface area (Å²) < 4.78 is 10.3. The van der Waals surface area contributed by atoms with Crippen molar-refractivity contribution < 1.29 is 19.1 Å². The fraction of sp³-hybridized carbons (Fsp3) is 0.375. The van der Waals surface area contributed by atoms with Gasteiger partial charge in [-0.2, -0.15) is 0 Å². The Hall–Kier alpha value is -2.54. The summed E-state index contributed by atoms with van der Waals surface area (Å²) in [6, 6.07) is 7.15. The number of anilines is 1. The monoisotopic (exact) mass is 321 g/mol. The molecule has 0 aromatic heterocycles. The van der Waals surface area contributed by atoms with Gasteiger partial charge in [-0.3, -0.25) is 20.4 Å². The molecule has 0 aliphatic heterocycles. The number of rotatable bonds is 9. The molecule has 7 nitrogen and oxygen atoms in total. The molecule has 1 aromatic rings. The van der Waals surface area contributed by atoms with E-state index in [-0.39, 0.29) is 12.5 Å². The second-order valence-electron chi connectivity index (χ2n) is 4.71. The van der Waals surface area contributed by atoms with Crippen LogP contribution in [0.5, 0.6) is 5.75 Å². The summed E-state index contributed by atoms with van der Waals surface area (Å²) in [7, 11) is 1.58. The van der Waals surface area contributed by atoms with Crippen LogP contribution in [0.25, 0.3) is 0 Å². The summed E-state index contributed by atoms with van der Waals surface area (Å²) in [5.74, 6) is -0.0444. The maximum absolute atomic E-state index is 11.7.